The number of hydrogen-bond donors (Lipinski definition) is 1. The summed E-state index contributed by atoms with van der Waals surface area (Å²) in [5, 5.41) is 19.6. The molecule has 170 valence electrons. The second-order valence-corrected chi connectivity index (χ2v) is 7.26. The van der Waals surface area contributed by atoms with E-state index in [0.29, 0.717) is 17.8 Å². The summed E-state index contributed by atoms with van der Waals surface area (Å²) in [6, 6.07) is 18.1. The van der Waals surface area contributed by atoms with Crippen LogP contribution in [0.15, 0.2) is 85.3 Å². The molecule has 9 heteroatoms. The van der Waals surface area contributed by atoms with E-state index in [1.807, 2.05) is 48.7 Å². The second-order valence-electron chi connectivity index (χ2n) is 7.26. The number of carbonyl (C=O) groups excluding carboxylic acids is 1. The van der Waals surface area contributed by atoms with E-state index >= 15 is 0 Å². The van der Waals surface area contributed by atoms with E-state index < -0.39 is 10.9 Å². The fraction of sp³-hybridized carbons (Fsp3) is 0.0800. The predicted octanol–water partition coefficient (Wildman–Crippen LogP) is 4.64. The molecule has 0 bridgehead atoms. The molecule has 4 aromatic rings. The number of anilines is 1. The molecule has 1 N–H and O–H groups in total. The van der Waals surface area contributed by atoms with Gasteiger partial charge in [0.25, 0.3) is 5.69 Å². The molecular formula is C25H21N5O4. The molecule has 0 spiro atoms. The van der Waals surface area contributed by atoms with Crippen LogP contribution in [0.5, 0.6) is 0 Å². The van der Waals surface area contributed by atoms with E-state index in [9.17, 15) is 14.9 Å². The van der Waals surface area contributed by atoms with Gasteiger partial charge in [-0.2, -0.15) is 5.10 Å². The molecule has 0 fully saturated rings. The van der Waals surface area contributed by atoms with E-state index in [1.54, 1.807) is 29.2 Å². The fourth-order valence-electron chi connectivity index (χ4n) is 3.38. The number of rotatable bonds is 8. The minimum Gasteiger partial charge on any atom is -0.466 e. The lowest BCUT2D eigenvalue weighted by molar-refractivity contribution is -0.384. The Kier molecular flexibility index (Phi) is 6.73. The normalized spacial score (nSPS) is 10.9. The number of carbonyl (C=O) groups is 1. The predicted molar refractivity (Wildman–Crippen MR) is 128 cm³/mol. The first-order chi connectivity index (χ1) is 16.5. The number of nitro groups is 1. The first kappa shape index (κ1) is 22.4. The molecule has 2 aromatic carbocycles. The molecule has 2 heterocycles. The van der Waals surface area contributed by atoms with Crippen LogP contribution < -0.4 is 5.32 Å². The maximum Gasteiger partial charge on any atom is 0.330 e. The Hall–Kier alpha value is -4.79. The number of nitrogens with zero attached hydrogens (tertiary/aromatic N) is 4. The number of nitrogens with one attached hydrogen (secondary N) is 1. The minimum atomic E-state index is -0.538. The third-order valence-corrected chi connectivity index (χ3v) is 5.07. The van der Waals surface area contributed by atoms with Gasteiger partial charge in [-0.25, -0.2) is 9.48 Å². The fourth-order valence-corrected chi connectivity index (χ4v) is 3.38. The lowest BCUT2D eigenvalue weighted by atomic mass is 10.1. The van der Waals surface area contributed by atoms with Crippen LogP contribution >= 0.6 is 0 Å². The van der Waals surface area contributed by atoms with Crippen molar-refractivity contribution in [1.82, 2.24) is 14.8 Å². The molecule has 0 aliphatic rings. The molecule has 0 amide bonds. The Bertz CT molecular complexity index is 1330. The second kappa shape index (κ2) is 10.2. The molecule has 2 aromatic heterocycles. The van der Waals surface area contributed by atoms with Crippen molar-refractivity contribution < 1.29 is 14.5 Å². The monoisotopic (exact) mass is 455 g/mol. The van der Waals surface area contributed by atoms with Gasteiger partial charge in [0.15, 0.2) is 0 Å². The Morgan fingerprint density at radius 3 is 2.62 bits per heavy atom. The van der Waals surface area contributed by atoms with Crippen molar-refractivity contribution in [2.75, 3.05) is 12.4 Å². The molecule has 0 saturated carbocycles. The van der Waals surface area contributed by atoms with E-state index in [2.05, 4.69) is 15.0 Å². The molecule has 0 saturated heterocycles. The van der Waals surface area contributed by atoms with Crippen molar-refractivity contribution in [3.05, 3.63) is 107 Å². The van der Waals surface area contributed by atoms with Gasteiger partial charge in [0.1, 0.15) is 5.69 Å². The Balaban J connectivity index is 1.64. The summed E-state index contributed by atoms with van der Waals surface area (Å²) in [7, 11) is 1.27. The molecule has 34 heavy (non-hydrogen) atoms. The average Bonchev–Trinajstić information content (AvgIpc) is 3.31. The number of benzene rings is 2. The topological polar surface area (TPSA) is 112 Å². The minimum absolute atomic E-state index is 0.104. The summed E-state index contributed by atoms with van der Waals surface area (Å²) < 4.78 is 6.34. The van der Waals surface area contributed by atoms with E-state index in [0.717, 1.165) is 22.5 Å². The molecule has 0 aliphatic heterocycles. The van der Waals surface area contributed by atoms with Crippen molar-refractivity contribution in [3.8, 4) is 16.9 Å². The van der Waals surface area contributed by atoms with Crippen molar-refractivity contribution in [1.29, 1.82) is 0 Å². The summed E-state index contributed by atoms with van der Waals surface area (Å²) in [6.07, 6.45) is 7.97. The van der Waals surface area contributed by atoms with Crippen LogP contribution in [0.2, 0.25) is 0 Å². The van der Waals surface area contributed by atoms with Crippen LogP contribution in [0.1, 0.15) is 11.1 Å². The van der Waals surface area contributed by atoms with Crippen molar-refractivity contribution in [2.24, 2.45) is 0 Å². The number of nitro benzene ring substituents is 1. The molecule has 0 atom stereocenters. The van der Waals surface area contributed by atoms with Gasteiger partial charge in [-0.1, -0.05) is 24.3 Å². The maximum atomic E-state index is 11.7. The lowest BCUT2D eigenvalue weighted by Crippen LogP contribution is -2.03. The summed E-state index contributed by atoms with van der Waals surface area (Å²) in [5.41, 5.74) is 4.16. The number of aromatic nitrogens is 3. The number of para-hydroxylation sites is 1. The van der Waals surface area contributed by atoms with Crippen LogP contribution in [0.3, 0.4) is 0 Å². The number of pyridine rings is 1. The number of esters is 1. The Morgan fingerprint density at radius 2 is 1.91 bits per heavy atom. The summed E-state index contributed by atoms with van der Waals surface area (Å²) in [4.78, 5) is 26.6. The zero-order chi connectivity index (χ0) is 23.9. The van der Waals surface area contributed by atoms with Gasteiger partial charge in [0, 0.05) is 48.4 Å². The standard InChI is InChI=1S/C25H21N5O4/c1-34-24(31)10-8-18-7-9-22(23(15-18)30(32)33)27-16-20-17-29(21-5-3-2-4-6-21)28-25(20)19-11-13-26-14-12-19/h2-15,17,27H,16H2,1H3. The molecule has 0 aliphatic carbocycles. The number of hydrogen-bond acceptors (Lipinski definition) is 7. The largest absolute Gasteiger partial charge is 0.466 e. The highest BCUT2D eigenvalue weighted by molar-refractivity contribution is 5.87. The smallest absolute Gasteiger partial charge is 0.330 e. The van der Waals surface area contributed by atoms with Crippen LogP contribution in [-0.4, -0.2) is 32.8 Å². The van der Waals surface area contributed by atoms with Crippen molar-refractivity contribution in [2.45, 2.75) is 6.54 Å². The van der Waals surface area contributed by atoms with E-state index in [1.165, 1.54) is 25.3 Å². The van der Waals surface area contributed by atoms with E-state index in [-0.39, 0.29) is 5.69 Å². The van der Waals surface area contributed by atoms with Gasteiger partial charge >= 0.3 is 5.97 Å². The van der Waals surface area contributed by atoms with Gasteiger partial charge < -0.3 is 10.1 Å². The number of methoxy groups -OCH3 is 1. The summed E-state index contributed by atoms with van der Waals surface area (Å²) in [5.74, 6) is -0.538. The van der Waals surface area contributed by atoms with Gasteiger partial charge in [0.2, 0.25) is 0 Å². The van der Waals surface area contributed by atoms with Gasteiger partial charge in [0.05, 0.1) is 23.4 Å². The third kappa shape index (κ3) is 5.16. The van der Waals surface area contributed by atoms with Crippen molar-refractivity contribution in [3.63, 3.8) is 0 Å². The highest BCUT2D eigenvalue weighted by Crippen LogP contribution is 2.29. The summed E-state index contributed by atoms with van der Waals surface area (Å²) in [6.45, 7) is 0.308. The molecule has 0 unspecified atom stereocenters. The Labute approximate surface area is 195 Å². The zero-order valence-corrected chi connectivity index (χ0v) is 18.3. The summed E-state index contributed by atoms with van der Waals surface area (Å²) >= 11 is 0. The molecule has 9 nitrogen and oxygen atoms in total. The first-order valence-corrected chi connectivity index (χ1v) is 10.4. The molecular weight excluding hydrogens is 434 g/mol. The van der Waals surface area contributed by atoms with Crippen molar-refractivity contribution >= 4 is 23.4 Å². The maximum absolute atomic E-state index is 11.7. The van der Waals surface area contributed by atoms with E-state index in [4.69, 9.17) is 5.10 Å². The SMILES string of the molecule is COC(=O)C=Cc1ccc(NCc2cn(-c3ccccc3)nc2-c2ccncc2)c([N+](=O)[O-])c1. The quantitative estimate of drug-likeness (QED) is 0.178. The zero-order valence-electron chi connectivity index (χ0n) is 18.3. The van der Waals surface area contributed by atoms with Gasteiger partial charge in [-0.05, 0) is 42.0 Å². The Morgan fingerprint density at radius 1 is 1.15 bits per heavy atom. The lowest BCUT2D eigenvalue weighted by Gasteiger charge is -2.08. The molecule has 4 rings (SSSR count). The molecule has 0 radical (unpaired) electrons. The first-order valence-electron chi connectivity index (χ1n) is 10.4. The highest BCUT2D eigenvalue weighted by atomic mass is 16.6. The van der Waals surface area contributed by atoms with Crippen LogP contribution in [-0.2, 0) is 16.1 Å². The third-order valence-electron chi connectivity index (χ3n) is 5.07. The van der Waals surface area contributed by atoms with Gasteiger partial charge in [-0.3, -0.25) is 15.1 Å². The van der Waals surface area contributed by atoms with Crippen LogP contribution in [0.4, 0.5) is 11.4 Å². The number of ether oxygens (including phenoxy) is 1. The van der Waals surface area contributed by atoms with Crippen LogP contribution in [0, 0.1) is 10.1 Å². The van der Waals surface area contributed by atoms with Gasteiger partial charge in [-0.15, -0.1) is 0 Å². The highest BCUT2D eigenvalue weighted by Gasteiger charge is 2.17. The average molecular weight is 455 g/mol. The van der Waals surface area contributed by atoms with Crippen LogP contribution in [0.25, 0.3) is 23.0 Å².